The van der Waals surface area contributed by atoms with E-state index in [0.29, 0.717) is 29.6 Å². The van der Waals surface area contributed by atoms with Crippen LogP contribution in [0, 0.1) is 11.2 Å². The van der Waals surface area contributed by atoms with Crippen molar-refractivity contribution in [3.8, 4) is 5.75 Å². The van der Waals surface area contributed by atoms with Crippen LogP contribution >= 0.6 is 15.9 Å². The Morgan fingerprint density at radius 2 is 1.75 bits per heavy atom. The van der Waals surface area contributed by atoms with Gasteiger partial charge in [0, 0.05) is 48.8 Å². The van der Waals surface area contributed by atoms with Crippen molar-refractivity contribution >= 4 is 21.8 Å². The molecule has 2 aliphatic heterocycles. The lowest BCUT2D eigenvalue weighted by molar-refractivity contribution is -0.271. The average Bonchev–Trinajstić information content (AvgIpc) is 2.86. The number of carbonyl (C=O) groups is 1. The number of halogens is 5. The first-order valence-electron chi connectivity index (χ1n) is 11.8. The van der Waals surface area contributed by atoms with Crippen LogP contribution in [0.3, 0.4) is 0 Å². The summed E-state index contributed by atoms with van der Waals surface area (Å²) in [4.78, 5) is 14.8. The van der Waals surface area contributed by atoms with E-state index in [1.807, 2.05) is 0 Å². The first-order valence-corrected chi connectivity index (χ1v) is 12.6. The molecule has 0 saturated carbocycles. The standard InChI is InChI=1S/C26H29BrF4N2O3/c1-35-22-15-19(28)7-8-20(22)21-16-32-12-9-24(21)10-13-33(14-11-24)23(34)25(36-2,26(29,30)31)17-3-5-18(27)6-4-17/h3-8,15,21,32H,9-14,16H2,1-2H3. The Morgan fingerprint density at radius 1 is 1.08 bits per heavy atom. The number of methoxy groups -OCH3 is 2. The average molecular weight is 573 g/mol. The van der Waals surface area contributed by atoms with Crippen molar-refractivity contribution in [1.29, 1.82) is 0 Å². The monoisotopic (exact) mass is 572 g/mol. The molecule has 2 saturated heterocycles. The molecule has 36 heavy (non-hydrogen) atoms. The maximum absolute atomic E-state index is 14.5. The molecule has 0 bridgehead atoms. The van der Waals surface area contributed by atoms with E-state index in [0.717, 1.165) is 25.6 Å². The van der Waals surface area contributed by atoms with Crippen molar-refractivity contribution in [3.63, 3.8) is 0 Å². The summed E-state index contributed by atoms with van der Waals surface area (Å²) in [5, 5.41) is 3.38. The zero-order valence-electron chi connectivity index (χ0n) is 20.1. The van der Waals surface area contributed by atoms with Crippen molar-refractivity contribution in [2.24, 2.45) is 5.41 Å². The number of rotatable bonds is 5. The number of hydrogen-bond donors (Lipinski definition) is 1. The van der Waals surface area contributed by atoms with Gasteiger partial charge in [0.05, 0.1) is 7.11 Å². The molecule has 2 atom stereocenters. The number of benzene rings is 2. The van der Waals surface area contributed by atoms with Crippen molar-refractivity contribution < 1.29 is 31.8 Å². The van der Waals surface area contributed by atoms with Gasteiger partial charge in [0.1, 0.15) is 11.6 Å². The smallest absolute Gasteiger partial charge is 0.430 e. The number of piperidine rings is 2. The minimum atomic E-state index is -4.96. The Balaban J connectivity index is 1.62. The summed E-state index contributed by atoms with van der Waals surface area (Å²) in [5.74, 6) is -1.09. The molecule has 0 aliphatic carbocycles. The summed E-state index contributed by atoms with van der Waals surface area (Å²) < 4.78 is 68.3. The third-order valence-corrected chi connectivity index (χ3v) is 8.29. The van der Waals surface area contributed by atoms with Crippen molar-refractivity contribution in [2.45, 2.75) is 37.0 Å². The molecule has 196 valence electrons. The fraction of sp³-hybridized carbons (Fsp3) is 0.500. The van der Waals surface area contributed by atoms with Gasteiger partial charge in [0.25, 0.3) is 11.5 Å². The normalized spacial score (nSPS) is 21.8. The summed E-state index contributed by atoms with van der Waals surface area (Å²) in [6, 6.07) is 9.91. The number of nitrogens with zero attached hydrogens (tertiary/aromatic N) is 1. The molecule has 1 spiro atoms. The summed E-state index contributed by atoms with van der Waals surface area (Å²) in [5.41, 5.74) is -2.74. The number of ether oxygens (including phenoxy) is 2. The summed E-state index contributed by atoms with van der Waals surface area (Å²) in [6.07, 6.45) is -3.13. The SMILES string of the molecule is COc1cc(F)ccc1C1CNCCC12CCN(C(=O)C(OC)(c1ccc(Br)cc1)C(F)(F)F)CC2. The van der Waals surface area contributed by atoms with Crippen LogP contribution in [-0.2, 0) is 15.1 Å². The number of alkyl halides is 3. The van der Waals surface area contributed by atoms with Crippen LogP contribution in [0.4, 0.5) is 17.6 Å². The molecule has 10 heteroatoms. The van der Waals surface area contributed by atoms with E-state index in [-0.39, 0.29) is 30.0 Å². The molecule has 2 unspecified atom stereocenters. The predicted octanol–water partition coefficient (Wildman–Crippen LogP) is 5.39. The molecule has 2 fully saturated rings. The lowest BCUT2D eigenvalue weighted by atomic mass is 9.62. The van der Waals surface area contributed by atoms with E-state index in [1.54, 1.807) is 6.07 Å². The maximum atomic E-state index is 14.5. The van der Waals surface area contributed by atoms with Gasteiger partial charge in [-0.05, 0) is 55.0 Å². The van der Waals surface area contributed by atoms with Gasteiger partial charge < -0.3 is 19.7 Å². The second-order valence-electron chi connectivity index (χ2n) is 9.44. The van der Waals surface area contributed by atoms with E-state index >= 15 is 0 Å². The number of likely N-dealkylation sites (tertiary alicyclic amines) is 1. The number of carbonyl (C=O) groups excluding carboxylic acids is 1. The highest BCUT2D eigenvalue weighted by molar-refractivity contribution is 9.10. The topological polar surface area (TPSA) is 50.8 Å². The molecule has 2 heterocycles. The van der Waals surface area contributed by atoms with Gasteiger partial charge in [0.2, 0.25) is 0 Å². The highest BCUT2D eigenvalue weighted by Gasteiger charge is 2.64. The molecule has 4 rings (SSSR count). The lowest BCUT2D eigenvalue weighted by Gasteiger charge is -2.51. The van der Waals surface area contributed by atoms with Crippen molar-refractivity contribution in [3.05, 3.63) is 63.9 Å². The van der Waals surface area contributed by atoms with Gasteiger partial charge in [-0.1, -0.05) is 34.1 Å². The Kier molecular flexibility index (Phi) is 7.69. The van der Waals surface area contributed by atoms with Crippen LogP contribution in [0.1, 0.15) is 36.3 Å². The maximum Gasteiger partial charge on any atom is 0.430 e. The van der Waals surface area contributed by atoms with Gasteiger partial charge in [-0.15, -0.1) is 0 Å². The van der Waals surface area contributed by atoms with E-state index in [4.69, 9.17) is 9.47 Å². The Bertz CT molecular complexity index is 1090. The van der Waals surface area contributed by atoms with E-state index < -0.39 is 23.5 Å². The first kappa shape index (κ1) is 26.9. The Morgan fingerprint density at radius 3 is 2.33 bits per heavy atom. The largest absolute Gasteiger partial charge is 0.496 e. The Labute approximate surface area is 216 Å². The van der Waals surface area contributed by atoms with Crippen molar-refractivity contribution in [2.75, 3.05) is 40.4 Å². The van der Waals surface area contributed by atoms with Crippen molar-refractivity contribution in [1.82, 2.24) is 10.2 Å². The van der Waals surface area contributed by atoms with Crippen LogP contribution < -0.4 is 10.1 Å². The molecule has 0 radical (unpaired) electrons. The third kappa shape index (κ3) is 4.63. The number of nitrogens with one attached hydrogen (secondary N) is 1. The first-order chi connectivity index (χ1) is 17.1. The summed E-state index contributed by atoms with van der Waals surface area (Å²) >= 11 is 3.23. The minimum absolute atomic E-state index is 0.0275. The van der Waals surface area contributed by atoms with E-state index in [2.05, 4.69) is 21.2 Å². The van der Waals surface area contributed by atoms with Crippen LogP contribution in [-0.4, -0.2) is 57.4 Å². The third-order valence-electron chi connectivity index (χ3n) is 7.76. The Hall–Kier alpha value is -2.17. The number of hydrogen-bond acceptors (Lipinski definition) is 4. The molecule has 0 aromatic heterocycles. The molecular weight excluding hydrogens is 544 g/mol. The highest BCUT2D eigenvalue weighted by Crippen LogP contribution is 2.51. The van der Waals surface area contributed by atoms with Crippen LogP contribution in [0.2, 0.25) is 0 Å². The highest BCUT2D eigenvalue weighted by atomic mass is 79.9. The zero-order valence-corrected chi connectivity index (χ0v) is 21.7. The molecule has 5 nitrogen and oxygen atoms in total. The zero-order chi connectivity index (χ0) is 26.1. The molecule has 1 amide bonds. The minimum Gasteiger partial charge on any atom is -0.496 e. The molecular formula is C26H29BrF4N2O3. The number of amides is 1. The van der Waals surface area contributed by atoms with E-state index in [9.17, 15) is 22.4 Å². The summed E-state index contributed by atoms with van der Waals surface area (Å²) in [6.45, 7) is 1.73. The molecule has 2 aliphatic rings. The van der Waals surface area contributed by atoms with Crippen LogP contribution in [0.25, 0.3) is 0 Å². The van der Waals surface area contributed by atoms with Gasteiger partial charge in [0.15, 0.2) is 0 Å². The van der Waals surface area contributed by atoms with Crippen LogP contribution in [0.15, 0.2) is 46.9 Å². The molecule has 2 aromatic carbocycles. The second kappa shape index (κ2) is 10.3. The predicted molar refractivity (Wildman–Crippen MR) is 130 cm³/mol. The second-order valence-corrected chi connectivity index (χ2v) is 10.4. The van der Waals surface area contributed by atoms with Gasteiger partial charge in [-0.3, -0.25) is 4.79 Å². The fourth-order valence-electron chi connectivity index (χ4n) is 5.78. The molecule has 1 N–H and O–H groups in total. The molecule has 2 aromatic rings. The van der Waals surface area contributed by atoms with Gasteiger partial charge in [-0.2, -0.15) is 13.2 Å². The van der Waals surface area contributed by atoms with Gasteiger partial charge >= 0.3 is 6.18 Å². The van der Waals surface area contributed by atoms with Gasteiger partial charge in [-0.25, -0.2) is 4.39 Å². The fourth-order valence-corrected chi connectivity index (χ4v) is 6.04. The quantitative estimate of drug-likeness (QED) is 0.488. The summed E-state index contributed by atoms with van der Waals surface area (Å²) in [7, 11) is 2.41. The van der Waals surface area contributed by atoms with Crippen LogP contribution in [0.5, 0.6) is 5.75 Å². The lowest BCUT2D eigenvalue weighted by Crippen LogP contribution is -2.59. The van der Waals surface area contributed by atoms with E-state index in [1.165, 1.54) is 48.4 Å².